The van der Waals surface area contributed by atoms with Crippen LogP contribution in [-0.4, -0.2) is 18.4 Å². The summed E-state index contributed by atoms with van der Waals surface area (Å²) in [6.45, 7) is 7.67. The molecule has 1 heterocycles. The minimum absolute atomic E-state index is 0. The van der Waals surface area contributed by atoms with E-state index in [0.717, 1.165) is 23.2 Å². The number of hydrogen-bond acceptors (Lipinski definition) is 3. The molecule has 0 saturated carbocycles. The fraction of sp³-hybridized carbons (Fsp3) is 0.312. The largest absolute Gasteiger partial charge is 0.509 e. The Bertz CT molecular complexity index is 637. The van der Waals surface area contributed by atoms with Crippen LogP contribution in [-0.2, 0) is 32.7 Å². The molecule has 0 saturated heterocycles. The second-order valence-electron chi connectivity index (χ2n) is 4.83. The van der Waals surface area contributed by atoms with Crippen molar-refractivity contribution in [3.8, 4) is 5.75 Å². The van der Waals surface area contributed by atoms with Crippen molar-refractivity contribution in [3.63, 3.8) is 0 Å². The van der Waals surface area contributed by atoms with E-state index in [4.69, 9.17) is 4.74 Å². The summed E-state index contributed by atoms with van der Waals surface area (Å²) in [6, 6.07) is 5.56. The first-order valence-corrected chi connectivity index (χ1v) is 6.53. The number of methoxy groups -OCH3 is 1. The fourth-order valence-electron chi connectivity index (χ4n) is 1.63. The summed E-state index contributed by atoms with van der Waals surface area (Å²) in [6.07, 6.45) is 0.799. The van der Waals surface area contributed by atoms with Gasteiger partial charge in [0.1, 0.15) is 0 Å². The van der Waals surface area contributed by atoms with Crippen molar-refractivity contribution < 1.29 is 42.2 Å². The van der Waals surface area contributed by atoms with Gasteiger partial charge in [0.25, 0.3) is 0 Å². The number of nitrogens with one attached hydrogen (secondary N) is 1. The van der Waals surface area contributed by atoms with Gasteiger partial charge in [-0.2, -0.15) is 17.5 Å². The predicted molar refractivity (Wildman–Crippen MR) is 81.9 cm³/mol. The number of H-pyrrole nitrogens is 1. The molecule has 0 aliphatic rings. The van der Waals surface area contributed by atoms with Crippen LogP contribution >= 0.6 is 0 Å². The van der Waals surface area contributed by atoms with E-state index in [1.54, 1.807) is 20.1 Å². The van der Waals surface area contributed by atoms with Crippen LogP contribution in [0.1, 0.15) is 41.2 Å². The maximum Gasteiger partial charge on any atom is 0.159 e. The number of rotatable bonds is 3. The van der Waals surface area contributed by atoms with E-state index in [-0.39, 0.29) is 38.4 Å². The molecule has 1 radical (unpaired) electrons. The van der Waals surface area contributed by atoms with E-state index in [9.17, 15) is 9.59 Å². The van der Waals surface area contributed by atoms with Gasteiger partial charge in [-0.1, -0.05) is 25.2 Å². The maximum absolute atomic E-state index is 10.6. The molecule has 0 aliphatic heterocycles. The van der Waals surface area contributed by atoms with Gasteiger partial charge in [-0.3, -0.25) is 9.59 Å². The van der Waals surface area contributed by atoms with Crippen LogP contribution in [0.15, 0.2) is 23.0 Å². The van der Waals surface area contributed by atoms with Gasteiger partial charge in [0.05, 0.1) is 12.9 Å². The molecule has 1 aromatic heterocycles. The molecular formula is C16H20N2O3Y-2. The number of aromatic amines is 1. The normalized spacial score (nSPS) is 9.14. The average molecular weight is 377 g/mol. The van der Waals surface area contributed by atoms with Gasteiger partial charge in [-0.05, 0) is 13.8 Å². The molecule has 2 aromatic rings. The standard InChI is InChI=1S/C11H13O2.C5H8N2O.Y/c1-8(2)9-4-5-10(7-12)11(6-9)13-3;1-3-4(2)7-5(8)6-3;/h4-7H,1-3H3;1-2H3,(H2,6,7,8);/q-1;;/p-1. The van der Waals surface area contributed by atoms with E-state index in [1.165, 1.54) is 5.92 Å². The number of imidazole rings is 1. The van der Waals surface area contributed by atoms with Crippen LogP contribution in [0.25, 0.3) is 0 Å². The number of aldehydes is 1. The predicted octanol–water partition coefficient (Wildman–Crippen LogP) is 2.42. The van der Waals surface area contributed by atoms with E-state index in [1.807, 2.05) is 32.9 Å². The van der Waals surface area contributed by atoms with E-state index >= 15 is 0 Å². The number of carbonyl (C=O) groups is 1. The van der Waals surface area contributed by atoms with Crippen molar-refractivity contribution in [1.82, 2.24) is 9.97 Å². The van der Waals surface area contributed by atoms with Gasteiger partial charge < -0.3 is 14.7 Å². The smallest absolute Gasteiger partial charge is 0.159 e. The SMILES string of the molecule is COc1cc([C-](C)C)ccc1C=O.Cc1[n-]c(=O)[nH]c1C.[Y]. The van der Waals surface area contributed by atoms with Crippen molar-refractivity contribution >= 4 is 6.29 Å². The third-order valence-electron chi connectivity index (χ3n) is 3.04. The van der Waals surface area contributed by atoms with E-state index in [2.05, 4.69) is 9.97 Å². The van der Waals surface area contributed by atoms with Crippen molar-refractivity contribution in [1.29, 1.82) is 0 Å². The van der Waals surface area contributed by atoms with Crippen molar-refractivity contribution in [2.75, 3.05) is 7.11 Å². The van der Waals surface area contributed by atoms with Gasteiger partial charge in [0.2, 0.25) is 0 Å². The molecule has 2 rings (SSSR count). The Morgan fingerprint density at radius 3 is 2.23 bits per heavy atom. The minimum atomic E-state index is -0.250. The Hall–Kier alpha value is -1.33. The number of nitrogens with zero attached hydrogens (tertiary/aromatic N) is 1. The van der Waals surface area contributed by atoms with Gasteiger partial charge in [-0.25, -0.2) is 0 Å². The van der Waals surface area contributed by atoms with Gasteiger partial charge in [-0.15, -0.1) is 12.1 Å². The molecular weight excluding hydrogens is 357 g/mol. The van der Waals surface area contributed by atoms with Crippen LogP contribution in [0, 0.1) is 19.8 Å². The Kier molecular flexibility index (Phi) is 9.06. The molecule has 0 bridgehead atoms. The number of aryl methyl sites for hydroxylation is 2. The fourth-order valence-corrected chi connectivity index (χ4v) is 1.63. The number of ether oxygens (including phenoxy) is 1. The summed E-state index contributed by atoms with van der Waals surface area (Å²) in [5, 5.41) is 0. The molecule has 0 unspecified atom stereocenters. The number of carbonyl (C=O) groups excluding carboxylic acids is 1. The topological polar surface area (TPSA) is 73.3 Å². The summed E-state index contributed by atoms with van der Waals surface area (Å²) < 4.78 is 5.08. The van der Waals surface area contributed by atoms with Crippen molar-refractivity contribution in [2.24, 2.45) is 0 Å². The Morgan fingerprint density at radius 1 is 1.27 bits per heavy atom. The van der Waals surface area contributed by atoms with Gasteiger partial charge in [0.15, 0.2) is 12.0 Å². The Balaban J connectivity index is 0.000000423. The summed E-state index contributed by atoms with van der Waals surface area (Å²) in [4.78, 5) is 27.1. The number of hydrogen-bond donors (Lipinski definition) is 1. The summed E-state index contributed by atoms with van der Waals surface area (Å²) >= 11 is 0. The maximum atomic E-state index is 10.6. The van der Waals surface area contributed by atoms with Crippen LogP contribution in [0.3, 0.4) is 0 Å². The Morgan fingerprint density at radius 2 is 1.91 bits per heavy atom. The zero-order valence-corrected chi connectivity index (χ0v) is 16.4. The zero-order valence-electron chi connectivity index (χ0n) is 13.6. The second kappa shape index (κ2) is 9.64. The molecule has 0 spiro atoms. The molecule has 1 aromatic carbocycles. The monoisotopic (exact) mass is 377 g/mol. The second-order valence-corrected chi connectivity index (χ2v) is 4.83. The first-order valence-electron chi connectivity index (χ1n) is 6.53. The molecule has 1 N–H and O–H groups in total. The molecule has 0 fully saturated rings. The summed E-state index contributed by atoms with van der Waals surface area (Å²) in [7, 11) is 1.57. The molecule has 5 nitrogen and oxygen atoms in total. The van der Waals surface area contributed by atoms with Gasteiger partial charge in [0, 0.05) is 38.3 Å². The first-order chi connectivity index (χ1) is 9.88. The molecule has 0 atom stereocenters. The third kappa shape index (κ3) is 5.81. The quantitative estimate of drug-likeness (QED) is 0.659. The van der Waals surface area contributed by atoms with Crippen molar-refractivity contribution in [3.05, 3.63) is 57.1 Å². The van der Waals surface area contributed by atoms with Gasteiger partial charge >= 0.3 is 0 Å². The summed E-state index contributed by atoms with van der Waals surface area (Å²) in [5.74, 6) is 1.84. The van der Waals surface area contributed by atoms with Crippen LogP contribution in [0.2, 0.25) is 0 Å². The number of benzene rings is 1. The van der Waals surface area contributed by atoms with Crippen LogP contribution < -0.4 is 15.4 Å². The van der Waals surface area contributed by atoms with Crippen LogP contribution in [0.4, 0.5) is 0 Å². The zero-order chi connectivity index (χ0) is 16.0. The number of aromatic nitrogens is 2. The average Bonchev–Trinajstić information content (AvgIpc) is 2.75. The van der Waals surface area contributed by atoms with E-state index < -0.39 is 0 Å². The molecule has 22 heavy (non-hydrogen) atoms. The summed E-state index contributed by atoms with van der Waals surface area (Å²) in [5.41, 5.74) is 3.08. The first kappa shape index (κ1) is 20.7. The molecule has 0 aliphatic carbocycles. The van der Waals surface area contributed by atoms with E-state index in [0.29, 0.717) is 11.3 Å². The molecule has 6 heteroatoms. The third-order valence-corrected chi connectivity index (χ3v) is 3.04. The Labute approximate surface area is 155 Å². The van der Waals surface area contributed by atoms with Crippen LogP contribution in [0.5, 0.6) is 5.75 Å². The minimum Gasteiger partial charge on any atom is -0.509 e. The molecule has 117 valence electrons. The molecule has 0 amide bonds. The van der Waals surface area contributed by atoms with Crippen molar-refractivity contribution in [2.45, 2.75) is 27.7 Å².